The Hall–Kier alpha value is -1.82. The average molecular weight is 435 g/mol. The Bertz CT molecular complexity index is 1060. The Morgan fingerprint density at radius 1 is 1.14 bits per heavy atom. The van der Waals surface area contributed by atoms with Gasteiger partial charge in [0.1, 0.15) is 17.2 Å². The molecule has 0 unspecified atom stereocenters. The first-order chi connectivity index (χ1) is 14.0. The van der Waals surface area contributed by atoms with Gasteiger partial charge in [0.2, 0.25) is 0 Å². The molecule has 1 spiro atoms. The zero-order chi connectivity index (χ0) is 20.0. The number of likely N-dealkylation sites (tertiary alicyclic amines) is 1. The molecule has 1 aromatic heterocycles. The Kier molecular flexibility index (Phi) is 4.93. The van der Waals surface area contributed by atoms with Crippen molar-refractivity contribution in [3.8, 4) is 5.75 Å². The fourth-order valence-corrected chi connectivity index (χ4v) is 5.11. The summed E-state index contributed by atoms with van der Waals surface area (Å²) in [5, 5.41) is 6.28. The number of nitrogens with zero attached hydrogens (tertiary/aromatic N) is 2. The summed E-state index contributed by atoms with van der Waals surface area (Å²) >= 11 is 12.5. The molecule has 0 saturated carbocycles. The van der Waals surface area contributed by atoms with E-state index in [1.165, 1.54) is 12.1 Å². The number of fused-ring (bicyclic) bond motifs is 2. The van der Waals surface area contributed by atoms with Crippen LogP contribution in [-0.2, 0) is 12.8 Å². The molecule has 0 aliphatic carbocycles. The normalized spacial score (nSPS) is 18.3. The van der Waals surface area contributed by atoms with Gasteiger partial charge in [-0.2, -0.15) is 0 Å². The molecule has 0 N–H and O–H groups in total. The quantitative estimate of drug-likeness (QED) is 0.529. The van der Waals surface area contributed by atoms with E-state index in [1.54, 1.807) is 12.1 Å². The van der Waals surface area contributed by atoms with Crippen molar-refractivity contribution in [3.05, 3.63) is 57.5 Å². The van der Waals surface area contributed by atoms with Crippen molar-refractivity contribution < 1.29 is 13.7 Å². The molecule has 152 valence electrons. The smallest absolute Gasteiger partial charge is 0.170 e. The molecule has 3 heterocycles. The van der Waals surface area contributed by atoms with Crippen molar-refractivity contribution in [1.82, 2.24) is 10.1 Å². The second-order valence-electron chi connectivity index (χ2n) is 8.05. The largest absolute Gasteiger partial charge is 0.485 e. The Morgan fingerprint density at radius 3 is 2.79 bits per heavy atom. The van der Waals surface area contributed by atoms with Gasteiger partial charge in [0.05, 0.1) is 10.7 Å². The van der Waals surface area contributed by atoms with Crippen LogP contribution < -0.4 is 4.74 Å². The molecule has 0 bridgehead atoms. The number of benzene rings is 2. The number of hydrogen-bond donors (Lipinski definition) is 0. The first-order valence-electron chi connectivity index (χ1n) is 9.94. The average Bonchev–Trinajstić information content (AvgIpc) is 3.25. The van der Waals surface area contributed by atoms with Gasteiger partial charge in [-0.15, -0.1) is 0 Å². The highest BCUT2D eigenvalue weighted by molar-refractivity contribution is 6.35. The fourth-order valence-electron chi connectivity index (χ4n) is 4.54. The van der Waals surface area contributed by atoms with E-state index < -0.39 is 0 Å². The third-order valence-corrected chi connectivity index (χ3v) is 6.58. The topological polar surface area (TPSA) is 38.5 Å². The molecule has 7 heteroatoms. The van der Waals surface area contributed by atoms with E-state index in [0.29, 0.717) is 15.6 Å². The highest BCUT2D eigenvalue weighted by Crippen LogP contribution is 2.45. The van der Waals surface area contributed by atoms with Crippen molar-refractivity contribution in [2.75, 3.05) is 19.6 Å². The third-order valence-electron chi connectivity index (χ3n) is 6.08. The SMILES string of the molecule is Fc1ccc2c(CCCN3CCC4(CC3)Cc3cc(Cl)cc(Cl)c3O4)noc2c1. The number of piperidine rings is 1. The maximum atomic E-state index is 13.3. The summed E-state index contributed by atoms with van der Waals surface area (Å²) in [6.45, 7) is 2.97. The summed E-state index contributed by atoms with van der Waals surface area (Å²) in [6.07, 6.45) is 4.62. The number of halogens is 3. The Balaban J connectivity index is 1.15. The minimum Gasteiger partial charge on any atom is -0.485 e. The molecule has 1 fully saturated rings. The number of aryl methyl sites for hydroxylation is 1. The van der Waals surface area contributed by atoms with Crippen LogP contribution in [0.1, 0.15) is 30.5 Å². The lowest BCUT2D eigenvalue weighted by molar-refractivity contribution is 0.0192. The van der Waals surface area contributed by atoms with Gasteiger partial charge in [-0.25, -0.2) is 4.39 Å². The van der Waals surface area contributed by atoms with Crippen LogP contribution in [0.2, 0.25) is 10.0 Å². The van der Waals surface area contributed by atoms with Crippen molar-refractivity contribution in [3.63, 3.8) is 0 Å². The van der Waals surface area contributed by atoms with Crippen LogP contribution in [0, 0.1) is 5.82 Å². The third kappa shape index (κ3) is 3.72. The molecule has 29 heavy (non-hydrogen) atoms. The Morgan fingerprint density at radius 2 is 1.97 bits per heavy atom. The van der Waals surface area contributed by atoms with Gasteiger partial charge < -0.3 is 14.2 Å². The molecule has 3 aromatic rings. The van der Waals surface area contributed by atoms with Gasteiger partial charge in [0.25, 0.3) is 0 Å². The van der Waals surface area contributed by atoms with Crippen LogP contribution in [0.3, 0.4) is 0 Å². The zero-order valence-corrected chi connectivity index (χ0v) is 17.4. The van der Waals surface area contributed by atoms with Crippen molar-refractivity contribution in [2.45, 2.75) is 37.7 Å². The first kappa shape index (κ1) is 19.2. The molecular weight excluding hydrogens is 414 g/mol. The summed E-state index contributed by atoms with van der Waals surface area (Å²) in [5.41, 5.74) is 2.37. The molecule has 0 atom stereocenters. The standard InChI is InChI=1S/C22H21Cl2FN2O2/c23-15-10-14-13-22(28-21(14)18(24)11-15)5-8-27(9-6-22)7-1-2-19-17-4-3-16(25)12-20(17)29-26-19/h3-4,10-12H,1-2,5-9,13H2. The highest BCUT2D eigenvalue weighted by atomic mass is 35.5. The summed E-state index contributed by atoms with van der Waals surface area (Å²) in [4.78, 5) is 2.47. The van der Waals surface area contributed by atoms with Crippen LogP contribution in [0.15, 0.2) is 34.9 Å². The van der Waals surface area contributed by atoms with Gasteiger partial charge in [-0.1, -0.05) is 28.4 Å². The molecule has 0 radical (unpaired) electrons. The number of aromatic nitrogens is 1. The van der Waals surface area contributed by atoms with Gasteiger partial charge in [-0.3, -0.25) is 0 Å². The van der Waals surface area contributed by atoms with Crippen LogP contribution in [0.25, 0.3) is 11.0 Å². The predicted molar refractivity (Wildman–Crippen MR) is 111 cm³/mol. The number of hydrogen-bond acceptors (Lipinski definition) is 4. The molecule has 2 aromatic carbocycles. The van der Waals surface area contributed by atoms with E-state index in [-0.39, 0.29) is 11.4 Å². The fraction of sp³-hybridized carbons (Fsp3) is 0.409. The lowest BCUT2D eigenvalue weighted by atomic mass is 9.87. The van der Waals surface area contributed by atoms with Gasteiger partial charge in [-0.05, 0) is 43.7 Å². The summed E-state index contributed by atoms with van der Waals surface area (Å²) in [7, 11) is 0. The molecule has 0 amide bonds. The highest BCUT2D eigenvalue weighted by Gasteiger charge is 2.42. The van der Waals surface area contributed by atoms with Crippen LogP contribution >= 0.6 is 23.2 Å². The number of ether oxygens (including phenoxy) is 1. The van der Waals surface area contributed by atoms with E-state index in [0.717, 1.165) is 74.1 Å². The van der Waals surface area contributed by atoms with Gasteiger partial charge in [0.15, 0.2) is 5.58 Å². The van der Waals surface area contributed by atoms with E-state index in [9.17, 15) is 4.39 Å². The lowest BCUT2D eigenvalue weighted by Crippen LogP contribution is -2.47. The molecule has 1 saturated heterocycles. The molecule has 2 aliphatic heterocycles. The van der Waals surface area contributed by atoms with Crippen molar-refractivity contribution in [1.29, 1.82) is 0 Å². The maximum absolute atomic E-state index is 13.3. The Labute approximate surface area is 178 Å². The molecule has 5 rings (SSSR count). The first-order valence-corrected chi connectivity index (χ1v) is 10.7. The van der Waals surface area contributed by atoms with E-state index >= 15 is 0 Å². The molecular formula is C22H21Cl2FN2O2. The molecule has 4 nitrogen and oxygen atoms in total. The zero-order valence-electron chi connectivity index (χ0n) is 15.9. The predicted octanol–water partition coefficient (Wildman–Crippen LogP) is 5.68. The van der Waals surface area contributed by atoms with Gasteiger partial charge in [0, 0.05) is 54.4 Å². The lowest BCUT2D eigenvalue weighted by Gasteiger charge is -2.38. The summed E-state index contributed by atoms with van der Waals surface area (Å²) in [6, 6.07) is 8.30. The minimum atomic E-state index is -0.303. The van der Waals surface area contributed by atoms with E-state index in [1.807, 2.05) is 6.07 Å². The number of rotatable bonds is 4. The van der Waals surface area contributed by atoms with E-state index in [2.05, 4.69) is 10.1 Å². The minimum absolute atomic E-state index is 0.153. The van der Waals surface area contributed by atoms with Crippen molar-refractivity contribution in [2.24, 2.45) is 0 Å². The van der Waals surface area contributed by atoms with Gasteiger partial charge >= 0.3 is 0 Å². The molecule has 2 aliphatic rings. The maximum Gasteiger partial charge on any atom is 0.170 e. The summed E-state index contributed by atoms with van der Waals surface area (Å²) < 4.78 is 24.8. The van der Waals surface area contributed by atoms with Crippen LogP contribution in [0.4, 0.5) is 4.39 Å². The van der Waals surface area contributed by atoms with Crippen molar-refractivity contribution >= 4 is 34.2 Å². The van der Waals surface area contributed by atoms with Crippen LogP contribution in [0.5, 0.6) is 5.75 Å². The summed E-state index contributed by atoms with van der Waals surface area (Å²) in [5.74, 6) is 0.501. The van der Waals surface area contributed by atoms with Crippen LogP contribution in [-0.4, -0.2) is 35.3 Å². The monoisotopic (exact) mass is 434 g/mol. The second kappa shape index (κ2) is 7.46. The van der Waals surface area contributed by atoms with E-state index in [4.69, 9.17) is 32.5 Å². The second-order valence-corrected chi connectivity index (χ2v) is 8.90.